The van der Waals surface area contributed by atoms with Crippen LogP contribution in [0.4, 0.5) is 0 Å². The van der Waals surface area contributed by atoms with Crippen LogP contribution in [0.25, 0.3) is 0 Å². The molecule has 0 spiro atoms. The zero-order valence-corrected chi connectivity index (χ0v) is 9.76. The fourth-order valence-electron chi connectivity index (χ4n) is 1.77. The molecule has 0 bridgehead atoms. The van der Waals surface area contributed by atoms with Crippen molar-refractivity contribution in [2.75, 3.05) is 7.05 Å². The first-order chi connectivity index (χ1) is 7.17. The third-order valence-corrected chi connectivity index (χ3v) is 2.63. The van der Waals surface area contributed by atoms with Gasteiger partial charge in [-0.05, 0) is 37.3 Å². The van der Waals surface area contributed by atoms with Crippen LogP contribution in [0.1, 0.15) is 33.1 Å². The molecule has 0 aromatic rings. The van der Waals surface area contributed by atoms with Crippen molar-refractivity contribution < 1.29 is 4.79 Å². The van der Waals surface area contributed by atoms with Gasteiger partial charge in [0.15, 0.2) is 0 Å². The first-order valence-corrected chi connectivity index (χ1v) is 5.47. The molecule has 0 heterocycles. The van der Waals surface area contributed by atoms with Crippen LogP contribution in [-0.4, -0.2) is 13.0 Å². The van der Waals surface area contributed by atoms with Crippen LogP contribution >= 0.6 is 0 Å². The Morgan fingerprint density at radius 1 is 1.60 bits per heavy atom. The Morgan fingerprint density at radius 2 is 2.33 bits per heavy atom. The minimum absolute atomic E-state index is 0.0139. The Morgan fingerprint density at radius 3 is 2.87 bits per heavy atom. The van der Waals surface area contributed by atoms with Gasteiger partial charge in [-0.25, -0.2) is 0 Å². The van der Waals surface area contributed by atoms with Crippen LogP contribution in [0.15, 0.2) is 34.9 Å². The van der Waals surface area contributed by atoms with Gasteiger partial charge in [0.05, 0.1) is 0 Å². The standard InChI is InChI=1S/C13H19NO/c1-4-11(9-13(15)14-3)12-7-5-6-10(2)8-12/h6,8-9H,4-5,7H2,1-3H3,(H,14,15)/b11-9+. The van der Waals surface area contributed by atoms with Crippen molar-refractivity contribution >= 4 is 5.91 Å². The van der Waals surface area contributed by atoms with E-state index in [-0.39, 0.29) is 5.91 Å². The summed E-state index contributed by atoms with van der Waals surface area (Å²) < 4.78 is 0. The third-order valence-electron chi connectivity index (χ3n) is 2.63. The van der Waals surface area contributed by atoms with E-state index in [2.05, 4.69) is 31.3 Å². The lowest BCUT2D eigenvalue weighted by molar-refractivity contribution is -0.116. The lowest BCUT2D eigenvalue weighted by Crippen LogP contribution is -2.15. The average Bonchev–Trinajstić information content (AvgIpc) is 2.25. The largest absolute Gasteiger partial charge is 0.356 e. The molecule has 1 N–H and O–H groups in total. The van der Waals surface area contributed by atoms with Gasteiger partial charge in [0.2, 0.25) is 5.91 Å². The van der Waals surface area contributed by atoms with E-state index < -0.39 is 0 Å². The summed E-state index contributed by atoms with van der Waals surface area (Å²) in [7, 11) is 1.66. The normalized spacial score (nSPS) is 16.9. The summed E-state index contributed by atoms with van der Waals surface area (Å²) in [6.45, 7) is 4.19. The third kappa shape index (κ3) is 3.39. The van der Waals surface area contributed by atoms with Crippen molar-refractivity contribution in [3.8, 4) is 0 Å². The predicted octanol–water partition coefficient (Wildman–Crippen LogP) is 2.74. The minimum atomic E-state index is -0.0139. The van der Waals surface area contributed by atoms with Crippen molar-refractivity contribution in [3.63, 3.8) is 0 Å². The molecule has 82 valence electrons. The molecule has 1 rings (SSSR count). The van der Waals surface area contributed by atoms with Crippen molar-refractivity contribution in [2.24, 2.45) is 0 Å². The molecular formula is C13H19NO. The summed E-state index contributed by atoms with van der Waals surface area (Å²) in [6, 6.07) is 0. The number of allylic oxidation sites excluding steroid dienone is 5. The molecular weight excluding hydrogens is 186 g/mol. The monoisotopic (exact) mass is 205 g/mol. The highest BCUT2D eigenvalue weighted by Gasteiger charge is 2.08. The second kappa shape index (κ2) is 5.54. The summed E-state index contributed by atoms with van der Waals surface area (Å²) in [5, 5.41) is 2.62. The number of rotatable bonds is 3. The van der Waals surface area contributed by atoms with Gasteiger partial charge in [0, 0.05) is 13.1 Å². The first kappa shape index (κ1) is 11.8. The van der Waals surface area contributed by atoms with Crippen molar-refractivity contribution in [1.82, 2.24) is 5.32 Å². The Labute approximate surface area is 91.8 Å². The molecule has 0 aliphatic heterocycles. The molecule has 15 heavy (non-hydrogen) atoms. The molecule has 0 saturated heterocycles. The van der Waals surface area contributed by atoms with Crippen LogP contribution in [0.2, 0.25) is 0 Å². The second-order valence-corrected chi connectivity index (χ2v) is 3.79. The van der Waals surface area contributed by atoms with Crippen molar-refractivity contribution in [1.29, 1.82) is 0 Å². The SMILES string of the molecule is CC/C(=C\C(=O)NC)C1=CC(C)=CCC1. The van der Waals surface area contributed by atoms with Crippen molar-refractivity contribution in [2.45, 2.75) is 33.1 Å². The highest BCUT2D eigenvalue weighted by molar-refractivity contribution is 5.88. The topological polar surface area (TPSA) is 29.1 Å². The molecule has 1 amide bonds. The zero-order chi connectivity index (χ0) is 11.3. The van der Waals surface area contributed by atoms with Crippen LogP contribution in [0, 0.1) is 0 Å². The summed E-state index contributed by atoms with van der Waals surface area (Å²) in [5.74, 6) is -0.0139. The van der Waals surface area contributed by atoms with Gasteiger partial charge in [0.1, 0.15) is 0 Å². The lowest BCUT2D eigenvalue weighted by Gasteiger charge is -2.14. The van der Waals surface area contributed by atoms with Gasteiger partial charge in [-0.3, -0.25) is 4.79 Å². The van der Waals surface area contributed by atoms with Gasteiger partial charge in [-0.15, -0.1) is 0 Å². The maximum atomic E-state index is 11.3. The number of likely N-dealkylation sites (N-methyl/N-ethyl adjacent to an activating group) is 1. The second-order valence-electron chi connectivity index (χ2n) is 3.79. The molecule has 2 heteroatoms. The Bertz CT molecular complexity index is 334. The van der Waals surface area contributed by atoms with Crippen LogP contribution in [0.3, 0.4) is 0 Å². The summed E-state index contributed by atoms with van der Waals surface area (Å²) >= 11 is 0. The average molecular weight is 205 g/mol. The van der Waals surface area contributed by atoms with Gasteiger partial charge in [0.25, 0.3) is 0 Å². The van der Waals surface area contributed by atoms with Crippen LogP contribution < -0.4 is 5.32 Å². The smallest absolute Gasteiger partial charge is 0.244 e. The molecule has 2 nitrogen and oxygen atoms in total. The van der Waals surface area contributed by atoms with E-state index in [0.29, 0.717) is 0 Å². The van der Waals surface area contributed by atoms with E-state index in [0.717, 1.165) is 24.8 Å². The molecule has 0 radical (unpaired) electrons. The van der Waals surface area contributed by atoms with E-state index in [4.69, 9.17) is 0 Å². The molecule has 0 aromatic carbocycles. The summed E-state index contributed by atoms with van der Waals surface area (Å²) in [5.41, 5.74) is 3.76. The molecule has 1 aliphatic rings. The van der Waals surface area contributed by atoms with E-state index in [1.165, 1.54) is 11.1 Å². The van der Waals surface area contributed by atoms with E-state index in [1.54, 1.807) is 13.1 Å². The molecule has 1 aliphatic carbocycles. The molecule has 0 atom stereocenters. The van der Waals surface area contributed by atoms with Crippen LogP contribution in [0.5, 0.6) is 0 Å². The fourth-order valence-corrected chi connectivity index (χ4v) is 1.77. The van der Waals surface area contributed by atoms with Crippen LogP contribution in [-0.2, 0) is 4.79 Å². The van der Waals surface area contributed by atoms with Gasteiger partial charge in [-0.2, -0.15) is 0 Å². The van der Waals surface area contributed by atoms with Gasteiger partial charge >= 0.3 is 0 Å². The number of hydrogen-bond donors (Lipinski definition) is 1. The number of amides is 1. The van der Waals surface area contributed by atoms with E-state index in [9.17, 15) is 4.79 Å². The maximum Gasteiger partial charge on any atom is 0.244 e. The number of nitrogens with one attached hydrogen (secondary N) is 1. The quantitative estimate of drug-likeness (QED) is 0.705. The molecule has 0 unspecified atom stereocenters. The summed E-state index contributed by atoms with van der Waals surface area (Å²) in [4.78, 5) is 11.3. The minimum Gasteiger partial charge on any atom is -0.356 e. The Hall–Kier alpha value is -1.31. The predicted molar refractivity (Wildman–Crippen MR) is 63.5 cm³/mol. The van der Waals surface area contributed by atoms with Crippen molar-refractivity contribution in [3.05, 3.63) is 34.9 Å². The highest BCUT2D eigenvalue weighted by Crippen LogP contribution is 2.25. The van der Waals surface area contributed by atoms with E-state index in [1.807, 2.05) is 0 Å². The Kier molecular flexibility index (Phi) is 4.35. The van der Waals surface area contributed by atoms with E-state index >= 15 is 0 Å². The molecule has 0 aromatic heterocycles. The fraction of sp³-hybridized carbons (Fsp3) is 0.462. The number of carbonyl (C=O) groups is 1. The highest BCUT2D eigenvalue weighted by atomic mass is 16.1. The zero-order valence-electron chi connectivity index (χ0n) is 9.76. The molecule has 0 saturated carbocycles. The first-order valence-electron chi connectivity index (χ1n) is 5.47. The summed E-state index contributed by atoms with van der Waals surface area (Å²) in [6.07, 6.45) is 9.17. The maximum absolute atomic E-state index is 11.3. The number of carbonyl (C=O) groups excluding carboxylic acids is 1. The lowest BCUT2D eigenvalue weighted by atomic mass is 9.92. The Balaban J connectivity index is 2.88. The molecule has 0 fully saturated rings. The van der Waals surface area contributed by atoms with Gasteiger partial charge in [-0.1, -0.05) is 24.6 Å². The number of hydrogen-bond acceptors (Lipinski definition) is 1. The van der Waals surface area contributed by atoms with Gasteiger partial charge < -0.3 is 5.32 Å².